The van der Waals surface area contributed by atoms with E-state index in [0.29, 0.717) is 23.7 Å². The molecule has 6 unspecified atom stereocenters. The molecule has 0 spiro atoms. The second-order valence-electron chi connectivity index (χ2n) is 28.2. The molecule has 4 heterocycles. The van der Waals surface area contributed by atoms with Crippen LogP contribution in [0.4, 0.5) is 22.7 Å². The Morgan fingerprint density at radius 2 is 0.989 bits per heavy atom. The van der Waals surface area contributed by atoms with Gasteiger partial charge in [-0.15, -0.1) is 0 Å². The first kappa shape index (κ1) is 53.5. The third-order valence-corrected chi connectivity index (χ3v) is 22.3. The number of benzene rings is 7. The summed E-state index contributed by atoms with van der Waals surface area (Å²) in [7, 11) is 0. The fourth-order valence-corrected chi connectivity index (χ4v) is 18.2. The predicted molar refractivity (Wildman–Crippen MR) is 369 cm³/mol. The van der Waals surface area contributed by atoms with Crippen molar-refractivity contribution < 1.29 is 4.42 Å². The SMILES string of the molecule is CC(C)(C)c1cc2c3c(c1)N(C1C(C4CC=CCC4)=CCCC1C1=CCCCC1)c1cc(-n4c5ccccc5c5ccccc54)ccc1B3c1ccc(-c3ccc4oc5ccccc5c4c3)cc1N2C1C(C2CC=CCC2)=CCCC1C1=CCCCC1. The van der Waals surface area contributed by atoms with Gasteiger partial charge in [0.2, 0.25) is 0 Å². The van der Waals surface area contributed by atoms with Crippen molar-refractivity contribution in [3.63, 3.8) is 0 Å². The highest BCUT2D eigenvalue weighted by Gasteiger charge is 2.51. The minimum atomic E-state index is -0.135. The third-order valence-electron chi connectivity index (χ3n) is 22.3. The first-order valence-electron chi connectivity index (χ1n) is 33.8. The van der Waals surface area contributed by atoms with E-state index in [-0.39, 0.29) is 24.2 Å². The van der Waals surface area contributed by atoms with Gasteiger partial charge in [-0.25, -0.2) is 0 Å². The number of furan rings is 1. The van der Waals surface area contributed by atoms with Gasteiger partial charge < -0.3 is 18.8 Å². The third kappa shape index (κ3) is 8.89. The summed E-state index contributed by atoms with van der Waals surface area (Å²) in [6.45, 7) is 7.47. The topological polar surface area (TPSA) is 24.6 Å². The van der Waals surface area contributed by atoms with Gasteiger partial charge in [-0.05, 0) is 238 Å². The monoisotopic (exact) mass is 1140 g/mol. The van der Waals surface area contributed by atoms with Crippen LogP contribution in [0.1, 0.15) is 142 Å². The van der Waals surface area contributed by atoms with Crippen LogP contribution in [0.2, 0.25) is 0 Å². The summed E-state index contributed by atoms with van der Waals surface area (Å²) in [4.78, 5) is 6.09. The zero-order valence-corrected chi connectivity index (χ0v) is 51.4. The average Bonchev–Trinajstić information content (AvgIpc) is 1.33. The van der Waals surface area contributed by atoms with Gasteiger partial charge in [0.25, 0.3) is 6.71 Å². The van der Waals surface area contributed by atoms with Gasteiger partial charge in [0, 0.05) is 61.8 Å². The van der Waals surface area contributed by atoms with Gasteiger partial charge in [-0.1, -0.05) is 159 Å². The second kappa shape index (κ2) is 21.5. The molecule has 8 aliphatic rings. The molecule has 0 radical (unpaired) electrons. The van der Waals surface area contributed by atoms with E-state index in [0.717, 1.165) is 49.7 Å². The summed E-state index contributed by atoms with van der Waals surface area (Å²) in [6.07, 6.45) is 42.5. The van der Waals surface area contributed by atoms with Gasteiger partial charge >= 0.3 is 0 Å². The van der Waals surface area contributed by atoms with Crippen LogP contribution in [0.15, 0.2) is 215 Å². The zero-order valence-electron chi connectivity index (χ0n) is 51.4. The minimum Gasteiger partial charge on any atom is -0.456 e. The summed E-state index contributed by atoms with van der Waals surface area (Å²) < 4.78 is 9.08. The molecule has 2 aliphatic heterocycles. The van der Waals surface area contributed by atoms with Crippen molar-refractivity contribution in [3.8, 4) is 16.8 Å². The van der Waals surface area contributed by atoms with E-state index < -0.39 is 0 Å². The maximum Gasteiger partial charge on any atom is 0.252 e. The molecular weight excluding hydrogens is 1050 g/mol. The van der Waals surface area contributed by atoms with Gasteiger partial charge in [-0.3, -0.25) is 0 Å². The standard InChI is InChI=1S/C82H82BN3O/c1-82(2,3)59-50-75-79-76(51-59)86(81-63(55-28-12-6-13-29-55)37-23-38-64(81)56-30-14-7-15-31-56)74-52-60(84-71-39-19-16-32-65(71)66-33-17-20-40-72(66)84)44-46-70(74)83(79)69-45-42-58(57-43-47-78-68(48-57)67-34-18-21-41-77(67)87-78)49-73(69)85(75)80-61(53-24-8-4-9-25-53)35-22-36-62(80)54-26-10-5-11-27-54/h4,6,8,12,16-21,26,30,32-35,37,39-53,55,62,64,80-81H,5,7,9-11,13-15,22-25,27-29,31,36,38H2,1-3H3. The van der Waals surface area contributed by atoms with Gasteiger partial charge in [0.15, 0.2) is 0 Å². The number of rotatable bonds is 8. The van der Waals surface area contributed by atoms with Crippen molar-refractivity contribution in [1.29, 1.82) is 0 Å². The molecule has 9 aromatic rings. The highest BCUT2D eigenvalue weighted by Crippen LogP contribution is 2.53. The second-order valence-corrected chi connectivity index (χ2v) is 28.2. The van der Waals surface area contributed by atoms with Crippen molar-refractivity contribution in [3.05, 3.63) is 216 Å². The summed E-state index contributed by atoms with van der Waals surface area (Å²) in [5.41, 5.74) is 26.3. The van der Waals surface area contributed by atoms with Crippen LogP contribution < -0.4 is 26.2 Å². The average molecular weight is 1140 g/mol. The van der Waals surface area contributed by atoms with Gasteiger partial charge in [0.05, 0.1) is 23.1 Å². The van der Waals surface area contributed by atoms with Crippen LogP contribution in [-0.2, 0) is 5.41 Å². The molecule has 0 fully saturated rings. The number of hydrogen-bond acceptors (Lipinski definition) is 3. The smallest absolute Gasteiger partial charge is 0.252 e. The molecule has 0 saturated carbocycles. The highest BCUT2D eigenvalue weighted by atomic mass is 16.3. The molecule has 0 saturated heterocycles. The lowest BCUT2D eigenvalue weighted by atomic mass is 9.33. The number of hydrogen-bond donors (Lipinski definition) is 0. The maximum atomic E-state index is 6.50. The van der Waals surface area contributed by atoms with Crippen molar-refractivity contribution in [1.82, 2.24) is 4.57 Å². The van der Waals surface area contributed by atoms with Crippen LogP contribution >= 0.6 is 0 Å². The molecule has 2 aromatic heterocycles. The lowest BCUT2D eigenvalue weighted by Crippen LogP contribution is -2.65. The van der Waals surface area contributed by atoms with E-state index in [4.69, 9.17) is 4.42 Å². The molecule has 87 heavy (non-hydrogen) atoms. The van der Waals surface area contributed by atoms with Crippen molar-refractivity contribution in [2.24, 2.45) is 23.7 Å². The Morgan fingerprint density at radius 1 is 0.448 bits per heavy atom. The number of para-hydroxylation sites is 3. The lowest BCUT2D eigenvalue weighted by Gasteiger charge is -2.53. The summed E-state index contributed by atoms with van der Waals surface area (Å²) in [6, 6.07) is 55.1. The Balaban J connectivity index is 0.975. The number of nitrogens with zero attached hydrogens (tertiary/aromatic N) is 3. The maximum absolute atomic E-state index is 6.50. The number of anilines is 4. The molecule has 6 atom stereocenters. The number of aromatic nitrogens is 1. The zero-order chi connectivity index (χ0) is 57.9. The van der Waals surface area contributed by atoms with Crippen molar-refractivity contribution in [2.75, 3.05) is 9.80 Å². The molecule has 7 aromatic carbocycles. The van der Waals surface area contributed by atoms with E-state index in [1.807, 2.05) is 0 Å². The van der Waals surface area contributed by atoms with Gasteiger partial charge in [-0.2, -0.15) is 0 Å². The molecule has 0 N–H and O–H groups in total. The fourth-order valence-electron chi connectivity index (χ4n) is 18.2. The van der Waals surface area contributed by atoms with Crippen LogP contribution in [0.5, 0.6) is 0 Å². The molecular formula is C82H82BN3O. The van der Waals surface area contributed by atoms with Crippen LogP contribution in [0, 0.1) is 23.7 Å². The Morgan fingerprint density at radius 3 is 1.56 bits per heavy atom. The van der Waals surface area contributed by atoms with E-state index in [1.165, 1.54) is 171 Å². The van der Waals surface area contributed by atoms with Crippen molar-refractivity contribution >= 4 is 89.6 Å². The molecule has 0 amide bonds. The predicted octanol–water partition coefficient (Wildman–Crippen LogP) is 20.2. The van der Waals surface area contributed by atoms with E-state index >= 15 is 0 Å². The molecule has 434 valence electrons. The molecule has 6 aliphatic carbocycles. The summed E-state index contributed by atoms with van der Waals surface area (Å²) in [5.74, 6) is 1.85. The number of fused-ring (bicyclic) bond motifs is 10. The van der Waals surface area contributed by atoms with Gasteiger partial charge in [0.1, 0.15) is 11.2 Å². The Bertz CT molecular complexity index is 4380. The van der Waals surface area contributed by atoms with E-state index in [2.05, 4.69) is 223 Å². The Hall–Kier alpha value is -7.76. The number of allylic oxidation sites excluding steroid dienone is 8. The largest absolute Gasteiger partial charge is 0.456 e. The first-order valence-corrected chi connectivity index (χ1v) is 33.8. The van der Waals surface area contributed by atoms with Crippen LogP contribution in [0.25, 0.3) is 60.6 Å². The molecule has 5 heteroatoms. The summed E-state index contributed by atoms with van der Waals surface area (Å²) >= 11 is 0. The first-order chi connectivity index (χ1) is 42.8. The van der Waals surface area contributed by atoms with Crippen LogP contribution in [0.3, 0.4) is 0 Å². The molecule has 17 rings (SSSR count). The minimum absolute atomic E-state index is 0.00465. The molecule has 4 nitrogen and oxygen atoms in total. The van der Waals surface area contributed by atoms with E-state index in [9.17, 15) is 0 Å². The quantitative estimate of drug-likeness (QED) is 0.112. The van der Waals surface area contributed by atoms with Crippen molar-refractivity contribution in [2.45, 2.75) is 154 Å². The Labute approximate surface area is 515 Å². The lowest BCUT2D eigenvalue weighted by molar-refractivity contribution is 0.391. The molecule has 0 bridgehead atoms. The van der Waals surface area contributed by atoms with Crippen LogP contribution in [-0.4, -0.2) is 23.4 Å². The fraction of sp³-hybridized carbons (Fsp3) is 0.341. The highest BCUT2D eigenvalue weighted by molar-refractivity contribution is 7.00. The normalized spacial score (nSPS) is 23.8. The summed E-state index contributed by atoms with van der Waals surface area (Å²) in [5, 5.41) is 4.96. The Kier molecular flexibility index (Phi) is 13.2. The van der Waals surface area contributed by atoms with E-state index in [1.54, 1.807) is 22.3 Å².